The smallest absolute Gasteiger partial charge is 0.126 e. The van der Waals surface area contributed by atoms with Crippen molar-refractivity contribution < 1.29 is 4.39 Å². The molecule has 1 rings (SSSR count). The average Bonchev–Trinajstić information content (AvgIpc) is 2.31. The highest BCUT2D eigenvalue weighted by Crippen LogP contribution is 2.24. The van der Waals surface area contributed by atoms with Crippen LogP contribution in [-0.4, -0.2) is 12.6 Å². The largest absolute Gasteiger partial charge is 0.314 e. The molecule has 1 aromatic rings. The van der Waals surface area contributed by atoms with Crippen LogP contribution in [0.1, 0.15) is 46.1 Å². The number of nitrogens with one attached hydrogen (secondary N) is 1. The molecule has 0 radical (unpaired) electrons. The normalized spacial score (nSPS) is 13.6. The summed E-state index contributed by atoms with van der Waals surface area (Å²) in [5.74, 6) is -0.153. The third-order valence-electron chi connectivity index (χ3n) is 3.44. The molecule has 1 nitrogen and oxygen atoms in total. The van der Waals surface area contributed by atoms with Crippen molar-refractivity contribution in [3.8, 4) is 0 Å². The average molecular weight is 286 g/mol. The second-order valence-corrected chi connectivity index (χ2v) is 6.54. The third kappa shape index (κ3) is 5.50. The van der Waals surface area contributed by atoms with Gasteiger partial charge in [-0.1, -0.05) is 39.3 Å². The molecule has 0 aliphatic rings. The maximum Gasteiger partial charge on any atom is 0.126 e. The van der Waals surface area contributed by atoms with Gasteiger partial charge in [0.25, 0.3) is 0 Å². The molecule has 0 heterocycles. The van der Waals surface area contributed by atoms with Gasteiger partial charge in [-0.05, 0) is 55.0 Å². The van der Waals surface area contributed by atoms with E-state index >= 15 is 0 Å². The summed E-state index contributed by atoms with van der Waals surface area (Å²) in [5, 5.41) is 4.12. The minimum atomic E-state index is -0.153. The highest BCUT2D eigenvalue weighted by Gasteiger charge is 2.23. The zero-order valence-electron chi connectivity index (χ0n) is 12.4. The Balaban J connectivity index is 2.54. The fourth-order valence-corrected chi connectivity index (χ4v) is 2.51. The Morgan fingerprint density at radius 1 is 1.32 bits per heavy atom. The van der Waals surface area contributed by atoms with Crippen LogP contribution in [0.25, 0.3) is 0 Å². The van der Waals surface area contributed by atoms with E-state index in [1.807, 2.05) is 0 Å². The van der Waals surface area contributed by atoms with E-state index in [4.69, 9.17) is 11.6 Å². The van der Waals surface area contributed by atoms with Gasteiger partial charge in [-0.15, -0.1) is 0 Å². The van der Waals surface area contributed by atoms with Crippen molar-refractivity contribution in [3.05, 3.63) is 34.6 Å². The quantitative estimate of drug-likeness (QED) is 0.790. The van der Waals surface area contributed by atoms with Crippen molar-refractivity contribution in [3.63, 3.8) is 0 Å². The summed E-state index contributed by atoms with van der Waals surface area (Å²) in [6.45, 7) is 9.80. The second-order valence-electron chi connectivity index (χ2n) is 6.10. The van der Waals surface area contributed by atoms with Crippen LogP contribution >= 0.6 is 11.6 Å². The van der Waals surface area contributed by atoms with Gasteiger partial charge in [0, 0.05) is 11.1 Å². The molecule has 3 heteroatoms. The standard InChI is InChI=1S/C16H25ClFN/c1-5-19-15(16(2,3)4)8-6-7-12-11-13(17)9-10-14(12)18/h9-11,15,19H,5-8H2,1-4H3. The zero-order valence-corrected chi connectivity index (χ0v) is 13.1. The number of halogens is 2. The lowest BCUT2D eigenvalue weighted by molar-refractivity contribution is 0.254. The summed E-state index contributed by atoms with van der Waals surface area (Å²) in [6.07, 6.45) is 2.75. The molecule has 0 aliphatic carbocycles. The molecule has 19 heavy (non-hydrogen) atoms. The van der Waals surface area contributed by atoms with Gasteiger partial charge in [-0.2, -0.15) is 0 Å². The van der Waals surface area contributed by atoms with Crippen LogP contribution in [0.5, 0.6) is 0 Å². The number of hydrogen-bond donors (Lipinski definition) is 1. The monoisotopic (exact) mass is 285 g/mol. The van der Waals surface area contributed by atoms with Crippen LogP contribution in [0.15, 0.2) is 18.2 Å². The zero-order chi connectivity index (χ0) is 14.5. The van der Waals surface area contributed by atoms with Gasteiger partial charge in [-0.3, -0.25) is 0 Å². The van der Waals surface area contributed by atoms with E-state index in [9.17, 15) is 4.39 Å². The number of hydrogen-bond acceptors (Lipinski definition) is 1. The van der Waals surface area contributed by atoms with Crippen molar-refractivity contribution in [1.29, 1.82) is 0 Å². The van der Waals surface area contributed by atoms with Crippen LogP contribution in [-0.2, 0) is 6.42 Å². The molecule has 1 N–H and O–H groups in total. The fourth-order valence-electron chi connectivity index (χ4n) is 2.32. The Labute approximate surface area is 121 Å². The van der Waals surface area contributed by atoms with Gasteiger partial charge in [0.05, 0.1) is 0 Å². The highest BCUT2D eigenvalue weighted by atomic mass is 35.5. The van der Waals surface area contributed by atoms with Crippen LogP contribution < -0.4 is 5.32 Å². The molecule has 1 atom stereocenters. The van der Waals surface area contributed by atoms with Gasteiger partial charge >= 0.3 is 0 Å². The van der Waals surface area contributed by atoms with Gasteiger partial charge in [-0.25, -0.2) is 4.39 Å². The predicted octanol–water partition coefficient (Wildman–Crippen LogP) is 4.83. The van der Waals surface area contributed by atoms with Crippen LogP contribution in [0.3, 0.4) is 0 Å². The molecule has 1 aromatic carbocycles. The maximum atomic E-state index is 13.6. The lowest BCUT2D eigenvalue weighted by Gasteiger charge is -2.31. The van der Waals surface area contributed by atoms with E-state index in [0.29, 0.717) is 11.1 Å². The first-order chi connectivity index (χ1) is 8.84. The van der Waals surface area contributed by atoms with Crippen LogP contribution in [0.2, 0.25) is 5.02 Å². The van der Waals surface area contributed by atoms with Crippen molar-refractivity contribution in [2.75, 3.05) is 6.54 Å². The molecular weight excluding hydrogens is 261 g/mol. The van der Waals surface area contributed by atoms with Gasteiger partial charge < -0.3 is 5.32 Å². The fraction of sp³-hybridized carbons (Fsp3) is 0.625. The Kier molecular flexibility index (Phi) is 6.28. The lowest BCUT2D eigenvalue weighted by Crippen LogP contribution is -2.40. The summed E-state index contributed by atoms with van der Waals surface area (Å²) < 4.78 is 13.6. The van der Waals surface area contributed by atoms with Gasteiger partial charge in [0.15, 0.2) is 0 Å². The van der Waals surface area contributed by atoms with E-state index in [1.165, 1.54) is 6.07 Å². The van der Waals surface area contributed by atoms with Crippen LogP contribution in [0, 0.1) is 11.2 Å². The second kappa shape index (κ2) is 7.25. The number of rotatable bonds is 6. The molecule has 0 aliphatic heterocycles. The molecule has 0 fully saturated rings. The molecule has 0 aromatic heterocycles. The first kappa shape index (κ1) is 16.5. The van der Waals surface area contributed by atoms with E-state index in [-0.39, 0.29) is 11.2 Å². The Bertz CT molecular complexity index is 398. The van der Waals surface area contributed by atoms with E-state index < -0.39 is 0 Å². The summed E-state index contributed by atoms with van der Waals surface area (Å²) in [4.78, 5) is 0. The molecule has 0 amide bonds. The third-order valence-corrected chi connectivity index (χ3v) is 3.68. The van der Waals surface area contributed by atoms with E-state index in [1.54, 1.807) is 12.1 Å². The highest BCUT2D eigenvalue weighted by molar-refractivity contribution is 6.30. The molecule has 108 valence electrons. The first-order valence-electron chi connectivity index (χ1n) is 7.02. The van der Waals surface area contributed by atoms with Gasteiger partial charge in [0.2, 0.25) is 0 Å². The Morgan fingerprint density at radius 3 is 2.58 bits per heavy atom. The summed E-state index contributed by atoms with van der Waals surface area (Å²) in [5.41, 5.74) is 0.944. The van der Waals surface area contributed by atoms with Crippen molar-refractivity contribution in [2.45, 2.75) is 53.0 Å². The summed E-state index contributed by atoms with van der Waals surface area (Å²) >= 11 is 5.90. The SMILES string of the molecule is CCNC(CCCc1cc(Cl)ccc1F)C(C)(C)C. The van der Waals surface area contributed by atoms with Crippen LogP contribution in [0.4, 0.5) is 4.39 Å². The molecule has 0 saturated carbocycles. The molecule has 0 spiro atoms. The molecule has 0 bridgehead atoms. The number of aryl methyl sites for hydroxylation is 1. The lowest BCUT2D eigenvalue weighted by atomic mass is 9.83. The van der Waals surface area contributed by atoms with Crippen molar-refractivity contribution >= 4 is 11.6 Å². The van der Waals surface area contributed by atoms with E-state index in [0.717, 1.165) is 31.4 Å². The molecular formula is C16H25ClFN. The molecule has 1 unspecified atom stereocenters. The van der Waals surface area contributed by atoms with E-state index in [2.05, 4.69) is 33.0 Å². The first-order valence-corrected chi connectivity index (χ1v) is 7.39. The Morgan fingerprint density at radius 2 is 2.00 bits per heavy atom. The minimum absolute atomic E-state index is 0.153. The van der Waals surface area contributed by atoms with Crippen molar-refractivity contribution in [2.24, 2.45) is 5.41 Å². The summed E-state index contributed by atoms with van der Waals surface area (Å²) in [7, 11) is 0. The van der Waals surface area contributed by atoms with Gasteiger partial charge in [0.1, 0.15) is 5.82 Å². The Hall–Kier alpha value is -0.600. The molecule has 0 saturated heterocycles. The topological polar surface area (TPSA) is 12.0 Å². The number of benzene rings is 1. The predicted molar refractivity (Wildman–Crippen MR) is 81.3 cm³/mol. The summed E-state index contributed by atoms with van der Waals surface area (Å²) in [6, 6.07) is 5.23. The minimum Gasteiger partial charge on any atom is -0.314 e. The van der Waals surface area contributed by atoms with Crippen molar-refractivity contribution in [1.82, 2.24) is 5.32 Å². The maximum absolute atomic E-state index is 13.6.